The zero-order valence-corrected chi connectivity index (χ0v) is 11.3. The Morgan fingerprint density at radius 3 is 2.56 bits per heavy atom. The van der Waals surface area contributed by atoms with Crippen LogP contribution in [0.15, 0.2) is 12.1 Å². The average molecular weight is 369 g/mol. The maximum Gasteiger partial charge on any atom is 0.417 e. The first-order chi connectivity index (χ1) is 8.29. The highest BCUT2D eigenvalue weighted by Gasteiger charge is 2.37. The Hall–Kier alpha value is -1.30. The van der Waals surface area contributed by atoms with E-state index in [2.05, 4.69) is 4.74 Å². The Balaban J connectivity index is 3.44. The van der Waals surface area contributed by atoms with Gasteiger partial charge in [-0.1, -0.05) is 0 Å². The summed E-state index contributed by atoms with van der Waals surface area (Å²) in [6.07, 6.45) is -5.20. The quantitative estimate of drug-likeness (QED) is 0.595. The third kappa shape index (κ3) is 3.35. The fourth-order valence-corrected chi connectivity index (χ4v) is 2.14. The molecule has 0 heterocycles. The van der Waals surface area contributed by atoms with Gasteiger partial charge in [0.05, 0.1) is 30.7 Å². The summed E-state index contributed by atoms with van der Waals surface area (Å²) in [7, 11) is 1.09. The molecule has 0 saturated carbocycles. The second-order valence-corrected chi connectivity index (χ2v) is 4.60. The lowest BCUT2D eigenvalue weighted by Crippen LogP contribution is -2.15. The lowest BCUT2D eigenvalue weighted by atomic mass is 9.99. The lowest BCUT2D eigenvalue weighted by Gasteiger charge is -2.14. The number of esters is 1. The fourth-order valence-electron chi connectivity index (χ4n) is 1.45. The van der Waals surface area contributed by atoms with E-state index in [1.165, 1.54) is 12.1 Å². The van der Waals surface area contributed by atoms with Gasteiger partial charge in [-0.25, -0.2) is 0 Å². The van der Waals surface area contributed by atoms with Gasteiger partial charge in [-0.2, -0.15) is 18.4 Å². The van der Waals surface area contributed by atoms with Crippen LogP contribution in [0.1, 0.15) is 16.7 Å². The average Bonchev–Trinajstić information content (AvgIpc) is 2.25. The molecule has 0 aliphatic heterocycles. The largest absolute Gasteiger partial charge is 0.469 e. The lowest BCUT2D eigenvalue weighted by molar-refractivity contribution is -0.141. The zero-order chi connectivity index (χ0) is 13.9. The van der Waals surface area contributed by atoms with Crippen LogP contribution < -0.4 is 0 Å². The maximum absolute atomic E-state index is 12.9. The molecular formula is C11H7F3INO2. The van der Waals surface area contributed by atoms with Crippen molar-refractivity contribution in [1.82, 2.24) is 0 Å². The third-order valence-corrected chi connectivity index (χ3v) is 2.77. The number of hydrogen-bond acceptors (Lipinski definition) is 3. The van der Waals surface area contributed by atoms with Gasteiger partial charge in [0.15, 0.2) is 0 Å². The molecule has 0 fully saturated rings. The Kier molecular flexibility index (Phi) is 4.56. The van der Waals surface area contributed by atoms with Crippen LogP contribution in [0.3, 0.4) is 0 Å². The summed E-state index contributed by atoms with van der Waals surface area (Å²) in [5, 5.41) is 8.75. The van der Waals surface area contributed by atoms with E-state index >= 15 is 0 Å². The van der Waals surface area contributed by atoms with Crippen molar-refractivity contribution in [3.8, 4) is 6.07 Å². The molecule has 0 amide bonds. The Labute approximate surface area is 115 Å². The molecule has 0 aliphatic carbocycles. The molecule has 3 nitrogen and oxygen atoms in total. The number of carbonyl (C=O) groups excluding carboxylic acids is 1. The van der Waals surface area contributed by atoms with E-state index in [4.69, 9.17) is 5.26 Å². The van der Waals surface area contributed by atoms with Gasteiger partial charge >= 0.3 is 12.1 Å². The molecular weight excluding hydrogens is 362 g/mol. The highest BCUT2D eigenvalue weighted by molar-refractivity contribution is 14.1. The number of halogens is 4. The van der Waals surface area contributed by atoms with Crippen LogP contribution in [0.4, 0.5) is 13.2 Å². The molecule has 0 aliphatic rings. The molecule has 1 rings (SSSR count). The number of nitriles is 1. The molecule has 0 spiro atoms. The predicted molar refractivity (Wildman–Crippen MR) is 64.6 cm³/mol. The smallest absolute Gasteiger partial charge is 0.417 e. The summed E-state index contributed by atoms with van der Waals surface area (Å²) in [4.78, 5) is 11.1. The third-order valence-electron chi connectivity index (χ3n) is 2.15. The van der Waals surface area contributed by atoms with E-state index in [0.29, 0.717) is 3.57 Å². The molecule has 0 atom stereocenters. The first-order valence-electron chi connectivity index (χ1n) is 4.66. The van der Waals surface area contributed by atoms with E-state index in [-0.39, 0.29) is 5.56 Å². The normalized spacial score (nSPS) is 10.9. The first kappa shape index (κ1) is 14.8. The van der Waals surface area contributed by atoms with Crippen LogP contribution in [0.25, 0.3) is 0 Å². The Bertz CT molecular complexity index is 520. The minimum atomic E-state index is -4.68. The monoisotopic (exact) mass is 369 g/mol. The van der Waals surface area contributed by atoms with Crippen molar-refractivity contribution < 1.29 is 22.7 Å². The molecule has 0 radical (unpaired) electrons. The predicted octanol–water partition coefficient (Wildman–Crippen LogP) is 2.90. The fraction of sp³-hybridized carbons (Fsp3) is 0.273. The topological polar surface area (TPSA) is 50.1 Å². The van der Waals surface area contributed by atoms with Crippen molar-refractivity contribution >= 4 is 28.6 Å². The molecule has 0 saturated heterocycles. The van der Waals surface area contributed by atoms with Crippen molar-refractivity contribution in [2.45, 2.75) is 12.6 Å². The van der Waals surface area contributed by atoms with Crippen LogP contribution in [-0.2, 0) is 22.1 Å². The summed E-state index contributed by atoms with van der Waals surface area (Å²) in [5.74, 6) is -0.786. The van der Waals surface area contributed by atoms with Gasteiger partial charge in [-0.3, -0.25) is 4.79 Å². The zero-order valence-electron chi connectivity index (χ0n) is 9.14. The maximum atomic E-state index is 12.9. The van der Waals surface area contributed by atoms with E-state index in [0.717, 1.165) is 13.2 Å². The summed E-state index contributed by atoms with van der Waals surface area (Å²) in [6, 6.07) is 3.85. The molecule has 18 heavy (non-hydrogen) atoms. The van der Waals surface area contributed by atoms with E-state index in [1.54, 1.807) is 22.6 Å². The van der Waals surface area contributed by atoms with Gasteiger partial charge in [-0.05, 0) is 40.3 Å². The highest BCUT2D eigenvalue weighted by Crippen LogP contribution is 2.35. The van der Waals surface area contributed by atoms with Crippen molar-refractivity contribution in [3.05, 3.63) is 32.4 Å². The molecule has 0 bridgehead atoms. The summed E-state index contributed by atoms with van der Waals surface area (Å²) < 4.78 is 43.4. The number of alkyl halides is 3. The SMILES string of the molecule is COC(=O)Cc1cc(I)cc(C#N)c1C(F)(F)F. The number of carbonyl (C=O) groups is 1. The van der Waals surface area contributed by atoms with E-state index < -0.39 is 29.7 Å². The number of benzene rings is 1. The number of rotatable bonds is 2. The highest BCUT2D eigenvalue weighted by atomic mass is 127. The van der Waals surface area contributed by atoms with Crippen molar-refractivity contribution in [2.24, 2.45) is 0 Å². The molecule has 1 aromatic rings. The van der Waals surface area contributed by atoms with Gasteiger partial charge < -0.3 is 4.74 Å². The molecule has 0 aromatic heterocycles. The summed E-state index contributed by atoms with van der Waals surface area (Å²) in [5.41, 5.74) is -1.82. The van der Waals surface area contributed by atoms with Gasteiger partial charge in [0, 0.05) is 3.57 Å². The van der Waals surface area contributed by atoms with Crippen molar-refractivity contribution in [2.75, 3.05) is 7.11 Å². The molecule has 1 aromatic carbocycles. The van der Waals surface area contributed by atoms with Crippen LogP contribution in [-0.4, -0.2) is 13.1 Å². The summed E-state index contributed by atoms with van der Waals surface area (Å²) in [6.45, 7) is 0. The second kappa shape index (κ2) is 5.56. The standard InChI is InChI=1S/C11H7F3INO2/c1-18-9(17)4-6-2-8(15)3-7(5-16)10(6)11(12,13)14/h2-3H,4H2,1H3. The second-order valence-electron chi connectivity index (χ2n) is 3.35. The number of nitrogens with zero attached hydrogens (tertiary/aromatic N) is 1. The first-order valence-corrected chi connectivity index (χ1v) is 5.74. The molecule has 7 heteroatoms. The van der Waals surface area contributed by atoms with Crippen LogP contribution >= 0.6 is 22.6 Å². The van der Waals surface area contributed by atoms with Gasteiger partial charge in [0.25, 0.3) is 0 Å². The van der Waals surface area contributed by atoms with E-state index in [1.807, 2.05) is 0 Å². The minimum Gasteiger partial charge on any atom is -0.469 e. The molecule has 96 valence electrons. The number of methoxy groups -OCH3 is 1. The van der Waals surface area contributed by atoms with Crippen molar-refractivity contribution in [3.63, 3.8) is 0 Å². The van der Waals surface area contributed by atoms with Crippen LogP contribution in [0.5, 0.6) is 0 Å². The van der Waals surface area contributed by atoms with Crippen molar-refractivity contribution in [1.29, 1.82) is 5.26 Å². The molecule has 0 N–H and O–H groups in total. The number of hydrogen-bond donors (Lipinski definition) is 0. The van der Waals surface area contributed by atoms with Gasteiger partial charge in [0.1, 0.15) is 0 Å². The van der Waals surface area contributed by atoms with Crippen LogP contribution in [0.2, 0.25) is 0 Å². The van der Waals surface area contributed by atoms with Crippen LogP contribution in [0, 0.1) is 14.9 Å². The Morgan fingerprint density at radius 2 is 2.11 bits per heavy atom. The van der Waals surface area contributed by atoms with Gasteiger partial charge in [-0.15, -0.1) is 0 Å². The van der Waals surface area contributed by atoms with Gasteiger partial charge in [0.2, 0.25) is 0 Å². The minimum absolute atomic E-state index is 0.252. The Morgan fingerprint density at radius 1 is 1.50 bits per heavy atom. The number of ether oxygens (including phenoxy) is 1. The summed E-state index contributed by atoms with van der Waals surface area (Å²) >= 11 is 1.79. The van der Waals surface area contributed by atoms with E-state index in [9.17, 15) is 18.0 Å². The molecule has 0 unspecified atom stereocenters.